The molecule has 0 saturated heterocycles. The number of fused-ring (bicyclic) bond motifs is 1. The van der Waals surface area contributed by atoms with Crippen molar-refractivity contribution in [3.05, 3.63) is 24.3 Å². The standard InChI is InChI=1S/C14H19N3O4/c1-16-7-8-17(12-5-3-2-4-11(12)16)14(21)15-10(6-9-18)13(19)20/h2-5,10,18H,6-9H2,1H3,(H,15,21)(H,19,20)/t10-/m1/s1. The Morgan fingerprint density at radius 3 is 2.57 bits per heavy atom. The second-order valence-electron chi connectivity index (χ2n) is 4.91. The number of likely N-dealkylation sites (N-methyl/N-ethyl adjacent to an activating group) is 1. The number of aliphatic hydroxyl groups excluding tert-OH is 1. The normalized spacial score (nSPS) is 15.3. The number of nitrogens with one attached hydrogen (secondary N) is 1. The second kappa shape index (κ2) is 6.45. The number of aliphatic carboxylic acids is 1. The van der Waals surface area contributed by atoms with E-state index in [9.17, 15) is 9.59 Å². The Balaban J connectivity index is 2.17. The number of amides is 2. The first-order valence-electron chi connectivity index (χ1n) is 6.76. The molecule has 1 aliphatic rings. The number of hydrogen-bond acceptors (Lipinski definition) is 4. The molecule has 0 aliphatic carbocycles. The molecular formula is C14H19N3O4. The summed E-state index contributed by atoms with van der Waals surface area (Å²) in [7, 11) is 1.94. The van der Waals surface area contributed by atoms with Crippen molar-refractivity contribution in [3.8, 4) is 0 Å². The molecule has 1 atom stereocenters. The molecular weight excluding hydrogens is 274 g/mol. The first kappa shape index (κ1) is 15.1. The van der Waals surface area contributed by atoms with Gasteiger partial charge < -0.3 is 20.4 Å². The van der Waals surface area contributed by atoms with Crippen LogP contribution in [0.4, 0.5) is 16.2 Å². The summed E-state index contributed by atoms with van der Waals surface area (Å²) in [6.45, 7) is 0.851. The smallest absolute Gasteiger partial charge is 0.326 e. The molecule has 0 unspecified atom stereocenters. The summed E-state index contributed by atoms with van der Waals surface area (Å²) >= 11 is 0. The largest absolute Gasteiger partial charge is 0.480 e. The predicted octanol–water partition coefficient (Wildman–Crippen LogP) is 0.488. The number of rotatable bonds is 4. The molecule has 2 rings (SSSR count). The first-order chi connectivity index (χ1) is 10.0. The Labute approximate surface area is 122 Å². The third-order valence-electron chi connectivity index (χ3n) is 3.50. The van der Waals surface area contributed by atoms with Gasteiger partial charge in [-0.25, -0.2) is 9.59 Å². The monoisotopic (exact) mass is 293 g/mol. The molecule has 0 fully saturated rings. The highest BCUT2D eigenvalue weighted by atomic mass is 16.4. The van der Waals surface area contributed by atoms with Crippen LogP contribution in [0.25, 0.3) is 0 Å². The Hall–Kier alpha value is -2.28. The number of hydrogen-bond donors (Lipinski definition) is 3. The van der Waals surface area contributed by atoms with E-state index in [2.05, 4.69) is 5.32 Å². The van der Waals surface area contributed by atoms with Crippen LogP contribution in [0, 0.1) is 0 Å². The molecule has 0 radical (unpaired) electrons. The number of urea groups is 1. The molecule has 0 saturated carbocycles. The third kappa shape index (κ3) is 3.25. The van der Waals surface area contributed by atoms with Crippen molar-refractivity contribution in [2.24, 2.45) is 0 Å². The van der Waals surface area contributed by atoms with Crippen LogP contribution in [0.5, 0.6) is 0 Å². The summed E-state index contributed by atoms with van der Waals surface area (Å²) in [4.78, 5) is 26.9. The SMILES string of the molecule is CN1CCN(C(=O)N[C@H](CCO)C(=O)O)c2ccccc21. The molecule has 2 amide bonds. The minimum Gasteiger partial charge on any atom is -0.480 e. The van der Waals surface area contributed by atoms with Gasteiger partial charge in [0.15, 0.2) is 0 Å². The van der Waals surface area contributed by atoms with Gasteiger partial charge in [0, 0.05) is 33.2 Å². The summed E-state index contributed by atoms with van der Waals surface area (Å²) < 4.78 is 0. The van der Waals surface area contributed by atoms with E-state index in [1.807, 2.05) is 36.2 Å². The van der Waals surface area contributed by atoms with Gasteiger partial charge in [0.2, 0.25) is 0 Å². The van der Waals surface area contributed by atoms with Crippen LogP contribution in [-0.2, 0) is 4.79 Å². The lowest BCUT2D eigenvalue weighted by Crippen LogP contribution is -2.52. The van der Waals surface area contributed by atoms with E-state index in [1.54, 1.807) is 0 Å². The lowest BCUT2D eigenvalue weighted by Gasteiger charge is -2.36. The van der Waals surface area contributed by atoms with Gasteiger partial charge in [-0.1, -0.05) is 12.1 Å². The summed E-state index contributed by atoms with van der Waals surface area (Å²) in [5, 5.41) is 20.4. The number of carbonyl (C=O) groups is 2. The van der Waals surface area contributed by atoms with Crippen LogP contribution in [-0.4, -0.2) is 55.0 Å². The van der Waals surface area contributed by atoms with Gasteiger partial charge >= 0.3 is 12.0 Å². The van der Waals surface area contributed by atoms with Crippen LogP contribution < -0.4 is 15.1 Å². The number of benzene rings is 1. The van der Waals surface area contributed by atoms with E-state index in [1.165, 1.54) is 4.90 Å². The number of para-hydroxylation sites is 2. The minimum atomic E-state index is -1.15. The zero-order valence-electron chi connectivity index (χ0n) is 11.8. The quantitative estimate of drug-likeness (QED) is 0.751. The Kier molecular flexibility index (Phi) is 4.64. The molecule has 7 heteroatoms. The maximum Gasteiger partial charge on any atom is 0.326 e. The van der Waals surface area contributed by atoms with Gasteiger partial charge in [0.1, 0.15) is 6.04 Å². The van der Waals surface area contributed by atoms with Crippen LogP contribution in [0.1, 0.15) is 6.42 Å². The number of carbonyl (C=O) groups excluding carboxylic acids is 1. The molecule has 1 aromatic rings. The third-order valence-corrected chi connectivity index (χ3v) is 3.50. The van der Waals surface area contributed by atoms with Gasteiger partial charge in [-0.15, -0.1) is 0 Å². The van der Waals surface area contributed by atoms with E-state index in [0.29, 0.717) is 13.1 Å². The van der Waals surface area contributed by atoms with Crippen molar-refractivity contribution in [3.63, 3.8) is 0 Å². The van der Waals surface area contributed by atoms with E-state index in [-0.39, 0.29) is 13.0 Å². The molecule has 1 aliphatic heterocycles. The maximum absolute atomic E-state index is 12.3. The first-order valence-corrected chi connectivity index (χ1v) is 6.76. The average molecular weight is 293 g/mol. The van der Waals surface area contributed by atoms with Gasteiger partial charge in [0.05, 0.1) is 11.4 Å². The Morgan fingerprint density at radius 1 is 1.29 bits per heavy atom. The van der Waals surface area contributed by atoms with E-state index in [0.717, 1.165) is 11.4 Å². The van der Waals surface area contributed by atoms with Crippen molar-refractivity contribution < 1.29 is 19.8 Å². The minimum absolute atomic E-state index is 0.0174. The van der Waals surface area contributed by atoms with Crippen molar-refractivity contribution in [1.82, 2.24) is 5.32 Å². The molecule has 0 bridgehead atoms. The number of anilines is 2. The summed E-state index contributed by atoms with van der Waals surface area (Å²) in [6, 6.07) is 5.91. The molecule has 0 aromatic heterocycles. The highest BCUT2D eigenvalue weighted by molar-refractivity contribution is 5.98. The topological polar surface area (TPSA) is 93.1 Å². The molecule has 0 spiro atoms. The molecule has 1 heterocycles. The Morgan fingerprint density at radius 2 is 1.95 bits per heavy atom. The van der Waals surface area contributed by atoms with Crippen LogP contribution in [0.3, 0.4) is 0 Å². The fourth-order valence-corrected chi connectivity index (χ4v) is 2.33. The van der Waals surface area contributed by atoms with Crippen LogP contribution in [0.2, 0.25) is 0 Å². The van der Waals surface area contributed by atoms with Gasteiger partial charge in [0.25, 0.3) is 0 Å². The maximum atomic E-state index is 12.3. The Bertz CT molecular complexity index is 535. The van der Waals surface area contributed by atoms with Crippen LogP contribution >= 0.6 is 0 Å². The lowest BCUT2D eigenvalue weighted by atomic mass is 10.1. The van der Waals surface area contributed by atoms with Gasteiger partial charge in [-0.2, -0.15) is 0 Å². The molecule has 3 N–H and O–H groups in total. The fraction of sp³-hybridized carbons (Fsp3) is 0.429. The van der Waals surface area contributed by atoms with Crippen molar-refractivity contribution in [2.75, 3.05) is 36.5 Å². The van der Waals surface area contributed by atoms with E-state index >= 15 is 0 Å². The molecule has 21 heavy (non-hydrogen) atoms. The van der Waals surface area contributed by atoms with Crippen molar-refractivity contribution in [1.29, 1.82) is 0 Å². The van der Waals surface area contributed by atoms with Gasteiger partial charge in [-0.3, -0.25) is 4.90 Å². The highest BCUT2D eigenvalue weighted by Crippen LogP contribution is 2.31. The van der Waals surface area contributed by atoms with E-state index < -0.39 is 18.0 Å². The number of carboxylic acids is 1. The summed E-state index contributed by atoms with van der Waals surface area (Å²) in [6.07, 6.45) is -0.0174. The van der Waals surface area contributed by atoms with Crippen molar-refractivity contribution >= 4 is 23.4 Å². The fourth-order valence-electron chi connectivity index (χ4n) is 2.33. The molecule has 7 nitrogen and oxygen atoms in total. The highest BCUT2D eigenvalue weighted by Gasteiger charge is 2.28. The average Bonchev–Trinajstić information content (AvgIpc) is 2.47. The summed E-state index contributed by atoms with van der Waals surface area (Å²) in [5.41, 5.74) is 1.67. The number of nitrogens with zero attached hydrogens (tertiary/aromatic N) is 2. The summed E-state index contributed by atoms with van der Waals surface area (Å²) in [5.74, 6) is -1.15. The van der Waals surface area contributed by atoms with Gasteiger partial charge in [-0.05, 0) is 12.1 Å². The molecule has 114 valence electrons. The lowest BCUT2D eigenvalue weighted by molar-refractivity contribution is -0.139. The number of aliphatic hydroxyl groups is 1. The van der Waals surface area contributed by atoms with E-state index in [4.69, 9.17) is 10.2 Å². The number of carboxylic acid groups (broad SMARTS) is 1. The van der Waals surface area contributed by atoms with Crippen molar-refractivity contribution in [2.45, 2.75) is 12.5 Å². The zero-order valence-corrected chi connectivity index (χ0v) is 11.8. The zero-order chi connectivity index (χ0) is 15.4. The molecule has 1 aromatic carbocycles. The van der Waals surface area contributed by atoms with Crippen LogP contribution in [0.15, 0.2) is 24.3 Å². The second-order valence-corrected chi connectivity index (χ2v) is 4.91. The predicted molar refractivity (Wildman–Crippen MR) is 78.7 cm³/mol.